The van der Waals surface area contributed by atoms with Gasteiger partial charge in [0.2, 0.25) is 0 Å². The van der Waals surface area contributed by atoms with E-state index in [0.29, 0.717) is 0 Å². The fraction of sp³-hybridized carbons (Fsp3) is 0. The molecule has 72 heavy (non-hydrogen) atoms. The number of para-hydroxylation sites is 3. The molecule has 336 valence electrons. The number of hydrogen-bond donors (Lipinski definition) is 0. The molecule has 1 heterocycles. The molecule has 2 nitrogen and oxygen atoms in total. The molecule has 0 saturated heterocycles. The van der Waals surface area contributed by atoms with Crippen molar-refractivity contribution in [1.82, 2.24) is 4.57 Å². The Hall–Kier alpha value is -9.50. The number of aromatic nitrogens is 1. The van der Waals surface area contributed by atoms with E-state index >= 15 is 0 Å². The van der Waals surface area contributed by atoms with Crippen LogP contribution in [0, 0.1) is 0 Å². The van der Waals surface area contributed by atoms with Gasteiger partial charge in [0.1, 0.15) is 0 Å². The highest BCUT2D eigenvalue weighted by atomic mass is 15.1. The molecule has 1 aromatic heterocycles. The van der Waals surface area contributed by atoms with Crippen molar-refractivity contribution in [2.24, 2.45) is 0 Å². The zero-order valence-corrected chi connectivity index (χ0v) is 39.5. The van der Waals surface area contributed by atoms with Gasteiger partial charge in [-0.05, 0) is 137 Å². The molecule has 2 heteroatoms. The summed E-state index contributed by atoms with van der Waals surface area (Å²) in [6.45, 7) is 0. The summed E-state index contributed by atoms with van der Waals surface area (Å²) in [5, 5.41) is 12.3. The molecule has 0 aliphatic heterocycles. The van der Waals surface area contributed by atoms with E-state index in [9.17, 15) is 0 Å². The lowest BCUT2D eigenvalue weighted by Gasteiger charge is -2.30. The predicted octanol–water partition coefficient (Wildman–Crippen LogP) is 19.5. The topological polar surface area (TPSA) is 8.17 Å². The number of anilines is 3. The van der Waals surface area contributed by atoms with Crippen LogP contribution in [0.15, 0.2) is 279 Å². The van der Waals surface area contributed by atoms with E-state index in [2.05, 4.69) is 289 Å². The smallest absolute Gasteiger partial charge is 0.0546 e. The van der Waals surface area contributed by atoms with Gasteiger partial charge in [0.05, 0.1) is 22.4 Å². The third-order valence-electron chi connectivity index (χ3n) is 14.7. The number of rotatable bonds is 8. The molecule has 0 bridgehead atoms. The zero-order chi connectivity index (χ0) is 47.5. The van der Waals surface area contributed by atoms with Crippen molar-refractivity contribution in [2.75, 3.05) is 4.90 Å². The van der Waals surface area contributed by atoms with Crippen LogP contribution in [0.5, 0.6) is 0 Å². The first-order valence-corrected chi connectivity index (χ1v) is 24.8. The number of fused-ring (bicyclic) bond motifs is 9. The molecule has 0 radical (unpaired) electrons. The number of benzene rings is 13. The maximum atomic E-state index is 2.50. The van der Waals surface area contributed by atoms with Crippen molar-refractivity contribution >= 4 is 82.0 Å². The highest BCUT2D eigenvalue weighted by Gasteiger charge is 2.23. The molecular formula is C70H46N2. The third-order valence-corrected chi connectivity index (χ3v) is 14.7. The largest absolute Gasteiger partial charge is 0.309 e. The fourth-order valence-corrected chi connectivity index (χ4v) is 11.5. The molecule has 0 N–H and O–H groups in total. The second-order valence-corrected chi connectivity index (χ2v) is 18.8. The van der Waals surface area contributed by atoms with Crippen molar-refractivity contribution in [3.63, 3.8) is 0 Å². The minimum Gasteiger partial charge on any atom is -0.309 e. The highest BCUT2D eigenvalue weighted by Crippen LogP contribution is 2.49. The maximum absolute atomic E-state index is 2.50. The Labute approximate surface area is 418 Å². The molecule has 0 saturated carbocycles. The lowest BCUT2D eigenvalue weighted by atomic mass is 9.84. The normalized spacial score (nSPS) is 11.6. The van der Waals surface area contributed by atoms with Gasteiger partial charge in [0.15, 0.2) is 0 Å². The highest BCUT2D eigenvalue weighted by molar-refractivity contribution is 6.22. The summed E-state index contributed by atoms with van der Waals surface area (Å²) in [5.41, 5.74) is 16.4. The number of hydrogen-bond acceptors (Lipinski definition) is 1. The van der Waals surface area contributed by atoms with Crippen LogP contribution in [0.4, 0.5) is 17.1 Å². The van der Waals surface area contributed by atoms with E-state index in [1.54, 1.807) is 0 Å². The Kier molecular flexibility index (Phi) is 9.89. The second-order valence-electron chi connectivity index (χ2n) is 18.8. The first kappa shape index (κ1) is 41.5. The summed E-state index contributed by atoms with van der Waals surface area (Å²) in [4.78, 5) is 2.50. The average molecular weight is 915 g/mol. The third kappa shape index (κ3) is 6.80. The monoisotopic (exact) mass is 914 g/mol. The van der Waals surface area contributed by atoms with E-state index in [1.807, 2.05) is 0 Å². The van der Waals surface area contributed by atoms with Gasteiger partial charge in [0, 0.05) is 33.1 Å². The van der Waals surface area contributed by atoms with Gasteiger partial charge in [0.25, 0.3) is 0 Å². The summed E-state index contributed by atoms with van der Waals surface area (Å²) in [6.07, 6.45) is 0. The predicted molar refractivity (Wildman–Crippen MR) is 307 cm³/mol. The van der Waals surface area contributed by atoms with E-state index in [0.717, 1.165) is 45.0 Å². The van der Waals surface area contributed by atoms with E-state index < -0.39 is 0 Å². The van der Waals surface area contributed by atoms with Crippen molar-refractivity contribution in [1.29, 1.82) is 0 Å². The van der Waals surface area contributed by atoms with Crippen molar-refractivity contribution in [3.05, 3.63) is 279 Å². The van der Waals surface area contributed by atoms with Gasteiger partial charge >= 0.3 is 0 Å². The lowest BCUT2D eigenvalue weighted by molar-refractivity contribution is 1.18. The van der Waals surface area contributed by atoms with Crippen molar-refractivity contribution in [2.45, 2.75) is 0 Å². The summed E-state index contributed by atoms with van der Waals surface area (Å²) >= 11 is 0. The summed E-state index contributed by atoms with van der Waals surface area (Å²) in [7, 11) is 0. The van der Waals surface area contributed by atoms with Crippen LogP contribution < -0.4 is 4.90 Å². The van der Waals surface area contributed by atoms with Crippen LogP contribution in [-0.2, 0) is 0 Å². The van der Waals surface area contributed by atoms with E-state index in [1.165, 1.54) is 87.1 Å². The Morgan fingerprint density at radius 2 is 0.764 bits per heavy atom. The van der Waals surface area contributed by atoms with Gasteiger partial charge in [-0.15, -0.1) is 0 Å². The molecule has 0 spiro atoms. The van der Waals surface area contributed by atoms with Gasteiger partial charge in [-0.1, -0.05) is 218 Å². The number of nitrogens with zero attached hydrogens (tertiary/aromatic N) is 2. The van der Waals surface area contributed by atoms with Crippen LogP contribution in [-0.4, -0.2) is 4.57 Å². The first-order valence-electron chi connectivity index (χ1n) is 24.8. The molecule has 0 fully saturated rings. The molecule has 0 atom stereocenters. The van der Waals surface area contributed by atoms with Crippen molar-refractivity contribution in [3.8, 4) is 50.2 Å². The van der Waals surface area contributed by atoms with Gasteiger partial charge in [-0.2, -0.15) is 0 Å². The lowest BCUT2D eigenvalue weighted by Crippen LogP contribution is -2.12. The summed E-state index contributed by atoms with van der Waals surface area (Å²) in [5.74, 6) is 0. The molecule has 14 aromatic rings. The average Bonchev–Trinajstić information content (AvgIpc) is 3.79. The van der Waals surface area contributed by atoms with Crippen LogP contribution in [0.25, 0.3) is 115 Å². The Morgan fingerprint density at radius 3 is 1.53 bits per heavy atom. The standard InChI is InChI=1S/C70H46N2/c1-4-21-47(22-5-1)69-62-36-15-13-33-58(62)59-41-39-50(44-64(59)70(69)48-23-6-2-7-24-48)49-26-20-29-54(43-49)72(68-46-51-25-10-11-30-55(51)57-32-12-14-34-60(57)68)65-37-18-16-31-56(65)52-40-42-67-63(45-52)61-35-17-19-38-66(61)71(67)53-27-8-3-9-28-53/h1-46H. The quantitative estimate of drug-likeness (QED) is 0.138. The van der Waals surface area contributed by atoms with E-state index in [-0.39, 0.29) is 0 Å². The van der Waals surface area contributed by atoms with Gasteiger partial charge < -0.3 is 9.47 Å². The molecule has 0 unspecified atom stereocenters. The Bertz CT molecular complexity index is 4380. The minimum absolute atomic E-state index is 1.08. The summed E-state index contributed by atoms with van der Waals surface area (Å²) < 4.78 is 2.39. The molecular weight excluding hydrogens is 869 g/mol. The summed E-state index contributed by atoms with van der Waals surface area (Å²) in [6, 6.07) is 102. The van der Waals surface area contributed by atoms with E-state index in [4.69, 9.17) is 0 Å². The molecule has 14 rings (SSSR count). The molecule has 0 aliphatic carbocycles. The van der Waals surface area contributed by atoms with Crippen molar-refractivity contribution < 1.29 is 0 Å². The Balaban J connectivity index is 1.00. The Morgan fingerprint density at radius 1 is 0.250 bits per heavy atom. The van der Waals surface area contributed by atoms with Gasteiger partial charge in [-0.25, -0.2) is 0 Å². The molecule has 0 amide bonds. The van der Waals surface area contributed by atoms with Crippen LogP contribution in [0.1, 0.15) is 0 Å². The van der Waals surface area contributed by atoms with Crippen LogP contribution >= 0.6 is 0 Å². The van der Waals surface area contributed by atoms with Crippen LogP contribution in [0.2, 0.25) is 0 Å². The van der Waals surface area contributed by atoms with Crippen LogP contribution in [0.3, 0.4) is 0 Å². The molecule has 13 aromatic carbocycles. The molecule has 0 aliphatic rings. The first-order chi connectivity index (χ1) is 35.7. The fourth-order valence-electron chi connectivity index (χ4n) is 11.5. The second kappa shape index (κ2) is 17.2. The SMILES string of the molecule is c1ccc(-c2c(-c3ccccc3)c3cc(-c4cccc(N(c5ccccc5-c5ccc6c(c5)c5ccccc5n6-c5ccccc5)c5cc6ccccc6c6ccccc56)c4)ccc3c3ccccc23)cc1. The minimum atomic E-state index is 1.08. The zero-order valence-electron chi connectivity index (χ0n) is 39.5. The maximum Gasteiger partial charge on any atom is 0.0546 e. The van der Waals surface area contributed by atoms with Gasteiger partial charge in [-0.3, -0.25) is 0 Å².